The Labute approximate surface area is 198 Å². The fourth-order valence-electron chi connectivity index (χ4n) is 2.99. The van der Waals surface area contributed by atoms with Crippen molar-refractivity contribution in [2.75, 3.05) is 0 Å². The zero-order valence-corrected chi connectivity index (χ0v) is 18.7. The molecule has 0 saturated heterocycles. The van der Waals surface area contributed by atoms with E-state index in [1.165, 1.54) is 5.56 Å². The number of benzene rings is 1. The highest BCUT2D eigenvalue weighted by atomic mass is 32.1. The van der Waals surface area contributed by atoms with Crippen LogP contribution in [0.15, 0.2) is 60.9 Å². The van der Waals surface area contributed by atoms with Crippen molar-refractivity contribution in [3.8, 4) is 11.3 Å². The van der Waals surface area contributed by atoms with Crippen LogP contribution >= 0.6 is 12.2 Å². The average Bonchev–Trinajstić information content (AvgIpc) is 3.21. The Morgan fingerprint density at radius 3 is 2.50 bits per heavy atom. The van der Waals surface area contributed by atoms with Gasteiger partial charge < -0.3 is 15.2 Å². The first-order chi connectivity index (χ1) is 16.1. The van der Waals surface area contributed by atoms with Gasteiger partial charge in [0, 0.05) is 47.7 Å². The number of hydrogen-bond donors (Lipinski definition) is 2. The third kappa shape index (κ3) is 6.82. The van der Waals surface area contributed by atoms with Crippen LogP contribution in [0.5, 0.6) is 0 Å². The van der Waals surface area contributed by atoms with E-state index in [1.807, 2.05) is 49.5 Å². The van der Waals surface area contributed by atoms with Crippen molar-refractivity contribution in [2.45, 2.75) is 26.1 Å². The van der Waals surface area contributed by atoms with Crippen molar-refractivity contribution in [2.24, 2.45) is 0 Å². The highest BCUT2D eigenvalue weighted by Gasteiger charge is 2.28. The number of carbonyl (C=O) groups excluding carboxylic acids is 1. The van der Waals surface area contributed by atoms with Gasteiger partial charge in [0.15, 0.2) is 0 Å². The summed E-state index contributed by atoms with van der Waals surface area (Å²) >= 11 is 5.47. The molecule has 0 spiro atoms. The number of halogens is 3. The van der Waals surface area contributed by atoms with E-state index in [1.54, 1.807) is 6.20 Å². The molecule has 0 radical (unpaired) electrons. The van der Waals surface area contributed by atoms with Gasteiger partial charge in [0.2, 0.25) is 0 Å². The number of thiocarbonyl (C=S) groups is 1. The van der Waals surface area contributed by atoms with E-state index < -0.39 is 12.1 Å². The van der Waals surface area contributed by atoms with Crippen LogP contribution in [0.1, 0.15) is 17.0 Å². The van der Waals surface area contributed by atoms with Gasteiger partial charge in [-0.2, -0.15) is 18.3 Å². The van der Waals surface area contributed by atoms with Gasteiger partial charge in [-0.15, -0.1) is 0 Å². The monoisotopic (exact) mass is 486 g/mol. The van der Waals surface area contributed by atoms with E-state index in [9.17, 15) is 13.2 Å². The SMILES string of the molecule is Cc1cc(-c2n[nH]c3cc(CC(=S)NCc4ccccc4)ncc23)ccn1.O=C([O-])C(F)(F)F. The quantitative estimate of drug-likeness (QED) is 0.417. The van der Waals surface area contributed by atoms with Crippen molar-refractivity contribution >= 4 is 34.1 Å². The molecule has 0 aliphatic carbocycles. The summed E-state index contributed by atoms with van der Waals surface area (Å²) in [6.45, 7) is 2.69. The van der Waals surface area contributed by atoms with Crippen LogP contribution < -0.4 is 10.4 Å². The molecule has 0 bridgehead atoms. The molecule has 4 rings (SSSR count). The van der Waals surface area contributed by atoms with Crippen molar-refractivity contribution in [3.63, 3.8) is 0 Å². The normalized spacial score (nSPS) is 10.9. The molecule has 0 aliphatic rings. The van der Waals surface area contributed by atoms with Crippen LogP contribution in [0.2, 0.25) is 0 Å². The number of aromatic amines is 1. The van der Waals surface area contributed by atoms with E-state index in [2.05, 4.69) is 37.6 Å². The number of nitrogens with one attached hydrogen (secondary N) is 2. The van der Waals surface area contributed by atoms with Crippen molar-refractivity contribution in [3.05, 3.63) is 77.9 Å². The number of alkyl halides is 3. The van der Waals surface area contributed by atoms with E-state index >= 15 is 0 Å². The summed E-state index contributed by atoms with van der Waals surface area (Å²) in [5.74, 6) is -3.01. The number of aryl methyl sites for hydroxylation is 1. The maximum Gasteiger partial charge on any atom is 0.430 e. The molecule has 0 fully saturated rings. The lowest BCUT2D eigenvalue weighted by Crippen LogP contribution is -2.37. The number of aliphatic carboxylic acids is 1. The van der Waals surface area contributed by atoms with Gasteiger partial charge >= 0.3 is 6.18 Å². The van der Waals surface area contributed by atoms with Crippen LogP contribution in [0, 0.1) is 6.92 Å². The summed E-state index contributed by atoms with van der Waals surface area (Å²) in [4.78, 5) is 18.4. The standard InChI is InChI=1S/C21H19N5S.C2HF3O2/c1-14-9-16(7-8-22-14)21-18-13-23-17(10-19(18)25-26-21)11-20(27)24-12-15-5-3-2-4-6-15;3-2(4,5)1(6)7/h2-10,13H,11-12H2,1H3,(H,24,27)(H,25,26);(H,6,7)/p-1. The Morgan fingerprint density at radius 2 is 1.85 bits per heavy atom. The largest absolute Gasteiger partial charge is 0.542 e. The Hall–Kier alpha value is -3.86. The fraction of sp³-hybridized carbons (Fsp3) is 0.174. The zero-order chi connectivity index (χ0) is 24.7. The van der Waals surface area contributed by atoms with Gasteiger partial charge in [-0.3, -0.25) is 15.1 Å². The molecule has 0 amide bonds. The lowest BCUT2D eigenvalue weighted by molar-refractivity contribution is -0.344. The van der Waals surface area contributed by atoms with Gasteiger partial charge in [-0.1, -0.05) is 42.5 Å². The zero-order valence-electron chi connectivity index (χ0n) is 17.9. The minimum atomic E-state index is -5.19. The smallest absolute Gasteiger partial charge is 0.430 e. The minimum absolute atomic E-state index is 0.598. The van der Waals surface area contributed by atoms with Crippen LogP contribution in [-0.2, 0) is 17.8 Å². The highest BCUT2D eigenvalue weighted by molar-refractivity contribution is 7.80. The molecule has 3 heterocycles. The minimum Gasteiger partial charge on any atom is -0.542 e. The second kappa shape index (κ2) is 10.8. The van der Waals surface area contributed by atoms with Crippen molar-refractivity contribution in [1.29, 1.82) is 0 Å². The summed E-state index contributed by atoms with van der Waals surface area (Å²) in [5, 5.41) is 20.6. The second-order valence-electron chi connectivity index (χ2n) is 7.20. The number of pyridine rings is 2. The molecule has 0 unspecified atom stereocenters. The van der Waals surface area contributed by atoms with Crippen molar-refractivity contribution in [1.82, 2.24) is 25.5 Å². The maximum absolute atomic E-state index is 10.5. The molecule has 176 valence electrons. The topological polar surface area (TPSA) is 107 Å². The lowest BCUT2D eigenvalue weighted by Gasteiger charge is -2.08. The number of fused-ring (bicyclic) bond motifs is 1. The molecule has 2 N–H and O–H groups in total. The number of H-pyrrole nitrogens is 1. The second-order valence-corrected chi connectivity index (χ2v) is 7.70. The lowest BCUT2D eigenvalue weighted by atomic mass is 10.1. The Morgan fingerprint density at radius 1 is 1.15 bits per heavy atom. The van der Waals surface area contributed by atoms with Crippen molar-refractivity contribution < 1.29 is 23.1 Å². The van der Waals surface area contributed by atoms with Crippen LogP contribution in [0.25, 0.3) is 22.2 Å². The third-order valence-corrected chi connectivity index (χ3v) is 4.87. The molecule has 3 aromatic heterocycles. The third-order valence-electron chi connectivity index (χ3n) is 4.58. The molecule has 0 saturated carbocycles. The number of hydrogen-bond acceptors (Lipinski definition) is 6. The van der Waals surface area contributed by atoms with Gasteiger partial charge in [0.25, 0.3) is 0 Å². The summed E-state index contributed by atoms with van der Waals surface area (Å²) < 4.78 is 31.5. The van der Waals surface area contributed by atoms with Gasteiger partial charge in [-0.05, 0) is 30.7 Å². The van der Waals surface area contributed by atoms with Crippen LogP contribution in [-0.4, -0.2) is 37.3 Å². The number of carboxylic acid groups (broad SMARTS) is 1. The summed E-state index contributed by atoms with van der Waals surface area (Å²) in [7, 11) is 0. The van der Waals surface area contributed by atoms with Crippen LogP contribution in [0.4, 0.5) is 13.2 Å². The summed E-state index contributed by atoms with van der Waals surface area (Å²) in [6, 6.07) is 16.2. The fourth-order valence-corrected chi connectivity index (χ4v) is 3.21. The molecule has 34 heavy (non-hydrogen) atoms. The molecule has 7 nitrogen and oxygen atoms in total. The number of carbonyl (C=O) groups is 1. The average molecular weight is 486 g/mol. The number of nitrogens with zero attached hydrogens (tertiary/aromatic N) is 3. The van der Waals surface area contributed by atoms with Gasteiger partial charge in [0.05, 0.1) is 10.5 Å². The first-order valence-corrected chi connectivity index (χ1v) is 10.4. The molecular formula is C23H19F3N5O2S-. The highest BCUT2D eigenvalue weighted by Crippen LogP contribution is 2.26. The number of rotatable bonds is 5. The van der Waals surface area contributed by atoms with E-state index in [0.29, 0.717) is 6.42 Å². The molecule has 1 aromatic carbocycles. The molecule has 0 aliphatic heterocycles. The predicted octanol–water partition coefficient (Wildman–Crippen LogP) is 3.29. The molecular weight excluding hydrogens is 467 g/mol. The van der Waals surface area contributed by atoms with E-state index in [4.69, 9.17) is 22.1 Å². The summed E-state index contributed by atoms with van der Waals surface area (Å²) in [6.07, 6.45) is -0.941. The number of aromatic nitrogens is 4. The maximum atomic E-state index is 10.5. The van der Waals surface area contributed by atoms with E-state index in [-0.39, 0.29) is 0 Å². The molecule has 11 heteroatoms. The van der Waals surface area contributed by atoms with Crippen LogP contribution in [0.3, 0.4) is 0 Å². The summed E-state index contributed by atoms with van der Waals surface area (Å²) in [5.41, 5.74) is 5.95. The Kier molecular flexibility index (Phi) is 7.90. The Bertz CT molecular complexity index is 1290. The van der Waals surface area contributed by atoms with E-state index in [0.717, 1.165) is 45.1 Å². The van der Waals surface area contributed by atoms with Gasteiger partial charge in [0.1, 0.15) is 11.7 Å². The first-order valence-electron chi connectivity index (χ1n) is 9.98. The molecule has 0 atom stereocenters. The Balaban J connectivity index is 0.000000406. The number of carboxylic acids is 1. The predicted molar refractivity (Wildman–Crippen MR) is 123 cm³/mol. The molecule has 4 aromatic rings. The van der Waals surface area contributed by atoms with Gasteiger partial charge in [-0.25, -0.2) is 0 Å². The first kappa shape index (κ1) is 24.8.